The predicted molar refractivity (Wildman–Crippen MR) is 97.1 cm³/mol. The largest absolute Gasteiger partial charge is 0.497 e. The first-order chi connectivity index (χ1) is 12.3. The van der Waals surface area contributed by atoms with Gasteiger partial charge in [0.25, 0.3) is 11.6 Å². The number of carbonyl (C=O) groups excluding carboxylic acids is 1. The highest BCUT2D eigenvalue weighted by Gasteiger charge is 2.13. The maximum atomic E-state index is 12.3. The number of hydrogen-bond donors (Lipinski definition) is 1. The zero-order chi connectivity index (χ0) is 19.3. The number of nitro benzene ring substituents is 1. The smallest absolute Gasteiger partial charge is 0.272 e. The Morgan fingerprint density at radius 1 is 1.08 bits per heavy atom. The quantitative estimate of drug-likeness (QED) is 0.486. The van der Waals surface area contributed by atoms with Crippen LogP contribution < -0.4 is 14.9 Å². The van der Waals surface area contributed by atoms with Crippen molar-refractivity contribution < 1.29 is 19.2 Å². The van der Waals surface area contributed by atoms with Crippen molar-refractivity contribution >= 4 is 17.3 Å². The van der Waals surface area contributed by atoms with Gasteiger partial charge in [-0.1, -0.05) is 12.1 Å². The van der Waals surface area contributed by atoms with Gasteiger partial charge in [0.1, 0.15) is 11.5 Å². The number of nitrogens with zero attached hydrogens (tertiary/aromatic N) is 2. The molecule has 2 aromatic rings. The van der Waals surface area contributed by atoms with E-state index in [0.29, 0.717) is 33.9 Å². The fourth-order valence-electron chi connectivity index (χ4n) is 2.23. The molecule has 0 fully saturated rings. The average molecular weight is 357 g/mol. The van der Waals surface area contributed by atoms with Gasteiger partial charge in [-0.25, -0.2) is 5.43 Å². The monoisotopic (exact) mass is 357 g/mol. The molecule has 0 saturated heterocycles. The van der Waals surface area contributed by atoms with E-state index in [9.17, 15) is 14.9 Å². The van der Waals surface area contributed by atoms with Crippen molar-refractivity contribution in [2.24, 2.45) is 5.10 Å². The van der Waals surface area contributed by atoms with E-state index in [0.717, 1.165) is 0 Å². The lowest BCUT2D eigenvalue weighted by Crippen LogP contribution is -2.19. The van der Waals surface area contributed by atoms with Crippen molar-refractivity contribution in [2.75, 3.05) is 14.2 Å². The molecular formula is C18H19N3O5. The van der Waals surface area contributed by atoms with Crippen LogP contribution in [0.2, 0.25) is 0 Å². The van der Waals surface area contributed by atoms with Gasteiger partial charge in [-0.2, -0.15) is 5.10 Å². The number of aryl methyl sites for hydroxylation is 1. The minimum atomic E-state index is -0.455. The second-order valence-corrected chi connectivity index (χ2v) is 5.50. The van der Waals surface area contributed by atoms with Gasteiger partial charge in [-0.3, -0.25) is 14.9 Å². The Hall–Kier alpha value is -3.42. The van der Waals surface area contributed by atoms with Crippen molar-refractivity contribution in [2.45, 2.75) is 13.8 Å². The van der Waals surface area contributed by atoms with E-state index >= 15 is 0 Å². The third-order valence-corrected chi connectivity index (χ3v) is 3.76. The molecule has 26 heavy (non-hydrogen) atoms. The van der Waals surface area contributed by atoms with Crippen LogP contribution >= 0.6 is 0 Å². The van der Waals surface area contributed by atoms with Crippen LogP contribution in [0.1, 0.15) is 28.4 Å². The van der Waals surface area contributed by atoms with E-state index in [-0.39, 0.29) is 5.69 Å². The number of hydrogen-bond acceptors (Lipinski definition) is 6. The van der Waals surface area contributed by atoms with Crippen molar-refractivity contribution in [3.63, 3.8) is 0 Å². The van der Waals surface area contributed by atoms with Gasteiger partial charge in [0.2, 0.25) is 0 Å². The Labute approximate surface area is 150 Å². The van der Waals surface area contributed by atoms with Gasteiger partial charge in [0.05, 0.1) is 24.9 Å². The fourth-order valence-corrected chi connectivity index (χ4v) is 2.23. The zero-order valence-electron chi connectivity index (χ0n) is 14.9. The Morgan fingerprint density at radius 3 is 2.23 bits per heavy atom. The first-order valence-electron chi connectivity index (χ1n) is 7.68. The summed E-state index contributed by atoms with van der Waals surface area (Å²) >= 11 is 0. The van der Waals surface area contributed by atoms with Crippen LogP contribution in [0.15, 0.2) is 41.5 Å². The van der Waals surface area contributed by atoms with Crippen LogP contribution in [-0.4, -0.2) is 30.8 Å². The minimum absolute atomic E-state index is 0.000841. The number of nitrogens with one attached hydrogen (secondary N) is 1. The molecule has 0 radical (unpaired) electrons. The Kier molecular flexibility index (Phi) is 5.90. The number of nitro groups is 1. The molecule has 0 aliphatic carbocycles. The third-order valence-electron chi connectivity index (χ3n) is 3.76. The number of carbonyl (C=O) groups is 1. The molecule has 0 spiro atoms. The molecule has 0 unspecified atom stereocenters. The third kappa shape index (κ3) is 4.35. The summed E-state index contributed by atoms with van der Waals surface area (Å²) in [6, 6.07) is 9.54. The summed E-state index contributed by atoms with van der Waals surface area (Å²) in [5.41, 5.74) is 4.29. The zero-order valence-corrected chi connectivity index (χ0v) is 14.9. The normalized spacial score (nSPS) is 11.0. The summed E-state index contributed by atoms with van der Waals surface area (Å²) in [4.78, 5) is 22.9. The molecule has 2 rings (SSSR count). The van der Waals surface area contributed by atoms with Gasteiger partial charge in [-0.05, 0) is 26.0 Å². The molecule has 8 heteroatoms. The summed E-state index contributed by atoms with van der Waals surface area (Å²) in [7, 11) is 2.98. The van der Waals surface area contributed by atoms with Crippen molar-refractivity contribution in [1.82, 2.24) is 5.43 Å². The van der Waals surface area contributed by atoms with Gasteiger partial charge in [0, 0.05) is 28.8 Å². The van der Waals surface area contributed by atoms with Crippen LogP contribution in [0.5, 0.6) is 11.5 Å². The van der Waals surface area contributed by atoms with Crippen LogP contribution in [0.4, 0.5) is 5.69 Å². The molecule has 0 aliphatic rings. The highest BCUT2D eigenvalue weighted by atomic mass is 16.6. The summed E-state index contributed by atoms with van der Waals surface area (Å²) in [6.07, 6.45) is 0. The number of rotatable bonds is 6. The van der Waals surface area contributed by atoms with E-state index in [1.807, 2.05) is 0 Å². The number of ether oxygens (including phenoxy) is 2. The Balaban J connectivity index is 2.22. The van der Waals surface area contributed by atoms with E-state index < -0.39 is 10.8 Å². The molecule has 0 saturated carbocycles. The second kappa shape index (κ2) is 8.11. The minimum Gasteiger partial charge on any atom is -0.497 e. The summed E-state index contributed by atoms with van der Waals surface area (Å²) in [6.45, 7) is 3.31. The topological polar surface area (TPSA) is 103 Å². The molecule has 1 amide bonds. The van der Waals surface area contributed by atoms with E-state index in [1.165, 1.54) is 20.3 Å². The highest BCUT2D eigenvalue weighted by Crippen LogP contribution is 2.22. The highest BCUT2D eigenvalue weighted by molar-refractivity contribution is 6.01. The molecule has 1 N–H and O–H groups in total. The molecular weight excluding hydrogens is 338 g/mol. The average Bonchev–Trinajstić information content (AvgIpc) is 2.65. The molecule has 8 nitrogen and oxygen atoms in total. The second-order valence-electron chi connectivity index (χ2n) is 5.50. The molecule has 0 aliphatic heterocycles. The van der Waals surface area contributed by atoms with Gasteiger partial charge in [-0.15, -0.1) is 0 Å². The summed E-state index contributed by atoms with van der Waals surface area (Å²) < 4.78 is 10.3. The number of hydrazone groups is 1. The van der Waals surface area contributed by atoms with Crippen molar-refractivity contribution in [3.05, 3.63) is 63.2 Å². The predicted octanol–water partition coefficient (Wildman–Crippen LogP) is 3.07. The maximum absolute atomic E-state index is 12.3. The van der Waals surface area contributed by atoms with Gasteiger partial charge < -0.3 is 9.47 Å². The van der Waals surface area contributed by atoms with Crippen molar-refractivity contribution in [1.29, 1.82) is 0 Å². The summed E-state index contributed by atoms with van der Waals surface area (Å²) in [5, 5.41) is 15.1. The molecule has 0 bridgehead atoms. The van der Waals surface area contributed by atoms with Gasteiger partial charge >= 0.3 is 0 Å². The van der Waals surface area contributed by atoms with Crippen LogP contribution in [0.3, 0.4) is 0 Å². The maximum Gasteiger partial charge on any atom is 0.272 e. The first-order valence-corrected chi connectivity index (χ1v) is 7.68. The number of benzene rings is 2. The Bertz CT molecular complexity index is 855. The number of amides is 1. The lowest BCUT2D eigenvalue weighted by Gasteiger charge is -2.08. The SMILES string of the molecule is COc1cc(OC)cc(C(=O)N/N=C(\C)c2ccc(C)c([N+](=O)[O-])c2)c1. The van der Waals surface area contributed by atoms with E-state index in [4.69, 9.17) is 9.47 Å². The lowest BCUT2D eigenvalue weighted by molar-refractivity contribution is -0.385. The van der Waals surface area contributed by atoms with Crippen LogP contribution in [-0.2, 0) is 0 Å². The molecule has 0 aromatic heterocycles. The first kappa shape index (κ1) is 18.9. The van der Waals surface area contributed by atoms with Crippen LogP contribution in [0, 0.1) is 17.0 Å². The molecule has 2 aromatic carbocycles. The number of methoxy groups -OCH3 is 2. The molecule has 136 valence electrons. The summed E-state index contributed by atoms with van der Waals surface area (Å²) in [5.74, 6) is 0.497. The standard InChI is InChI=1S/C18H19N3O5/c1-11-5-6-13(9-17(11)21(23)24)12(2)19-20-18(22)14-7-15(25-3)10-16(8-14)26-4/h5-10H,1-4H3,(H,20,22)/b19-12+. The lowest BCUT2D eigenvalue weighted by atomic mass is 10.1. The molecule has 0 atom stereocenters. The molecule has 0 heterocycles. The fraction of sp³-hybridized carbons (Fsp3) is 0.222. The van der Waals surface area contributed by atoms with Gasteiger partial charge in [0.15, 0.2) is 0 Å². The van der Waals surface area contributed by atoms with Crippen LogP contribution in [0.25, 0.3) is 0 Å². The van der Waals surface area contributed by atoms with E-state index in [2.05, 4.69) is 10.5 Å². The Morgan fingerprint density at radius 2 is 1.69 bits per heavy atom. The van der Waals surface area contributed by atoms with Crippen molar-refractivity contribution in [3.8, 4) is 11.5 Å². The van der Waals surface area contributed by atoms with E-state index in [1.54, 1.807) is 44.2 Å².